The van der Waals surface area contributed by atoms with Crippen LogP contribution in [-0.2, 0) is 11.2 Å². The second kappa shape index (κ2) is 10.2. The van der Waals surface area contributed by atoms with Crippen LogP contribution < -0.4 is 10.1 Å². The third-order valence-electron chi connectivity index (χ3n) is 5.16. The number of piperidine rings is 1. The van der Waals surface area contributed by atoms with Gasteiger partial charge in [-0.1, -0.05) is 12.1 Å². The lowest BCUT2D eigenvalue weighted by Gasteiger charge is -2.32. The van der Waals surface area contributed by atoms with Crippen LogP contribution in [0.25, 0.3) is 0 Å². The van der Waals surface area contributed by atoms with E-state index < -0.39 is 0 Å². The van der Waals surface area contributed by atoms with Crippen molar-refractivity contribution < 1.29 is 18.7 Å². The molecule has 0 spiro atoms. The molecule has 3 rings (SSSR count). The molecule has 2 amide bonds. The molecule has 1 aliphatic rings. The molecule has 5 nitrogen and oxygen atoms in total. The average molecular weight is 413 g/mol. The molecule has 0 radical (unpaired) electrons. The van der Waals surface area contributed by atoms with Crippen molar-refractivity contribution in [1.82, 2.24) is 10.2 Å². The fourth-order valence-electron chi connectivity index (χ4n) is 3.58. The summed E-state index contributed by atoms with van der Waals surface area (Å²) < 4.78 is 18.9. The number of carbonyl (C=O) groups excluding carboxylic acids is 2. The van der Waals surface area contributed by atoms with E-state index in [1.165, 1.54) is 12.1 Å². The monoisotopic (exact) mass is 412 g/mol. The molecule has 160 valence electrons. The molecule has 0 saturated carbocycles. The van der Waals surface area contributed by atoms with E-state index >= 15 is 0 Å². The van der Waals surface area contributed by atoms with Gasteiger partial charge in [0.1, 0.15) is 11.6 Å². The zero-order valence-corrected chi connectivity index (χ0v) is 17.6. The zero-order chi connectivity index (χ0) is 21.5. The molecule has 30 heavy (non-hydrogen) atoms. The van der Waals surface area contributed by atoms with Crippen molar-refractivity contribution in [1.29, 1.82) is 0 Å². The van der Waals surface area contributed by atoms with Crippen LogP contribution in [0, 0.1) is 11.7 Å². The highest BCUT2D eigenvalue weighted by atomic mass is 19.1. The summed E-state index contributed by atoms with van der Waals surface area (Å²) in [6.45, 7) is 5.78. The van der Waals surface area contributed by atoms with Gasteiger partial charge in [-0.05, 0) is 68.7 Å². The first-order valence-corrected chi connectivity index (χ1v) is 10.5. The van der Waals surface area contributed by atoms with Crippen molar-refractivity contribution in [3.05, 3.63) is 65.5 Å². The van der Waals surface area contributed by atoms with Gasteiger partial charge >= 0.3 is 0 Å². The van der Waals surface area contributed by atoms with E-state index in [9.17, 15) is 14.0 Å². The maximum atomic E-state index is 13.0. The van der Waals surface area contributed by atoms with E-state index in [4.69, 9.17) is 4.74 Å². The fourth-order valence-corrected chi connectivity index (χ4v) is 3.58. The van der Waals surface area contributed by atoms with Crippen LogP contribution in [0.3, 0.4) is 0 Å². The molecular weight excluding hydrogens is 383 g/mol. The molecule has 2 aromatic carbocycles. The van der Waals surface area contributed by atoms with Crippen LogP contribution in [0.4, 0.5) is 4.39 Å². The Hall–Kier alpha value is -2.89. The first-order chi connectivity index (χ1) is 14.4. The van der Waals surface area contributed by atoms with Crippen molar-refractivity contribution >= 4 is 11.8 Å². The van der Waals surface area contributed by atoms with Gasteiger partial charge in [0.15, 0.2) is 0 Å². The first kappa shape index (κ1) is 21.8. The fraction of sp³-hybridized carbons (Fsp3) is 0.417. The van der Waals surface area contributed by atoms with Crippen LogP contribution in [0.5, 0.6) is 5.75 Å². The first-order valence-electron chi connectivity index (χ1n) is 10.5. The number of hydrogen-bond donors (Lipinski definition) is 1. The van der Waals surface area contributed by atoms with Crippen LogP contribution >= 0.6 is 0 Å². The standard InChI is InChI=1S/C24H29FN2O3/c1-17(2)26-24(29)20-7-11-22(12-8-20)30-16-19-4-3-13-27(15-19)23(28)14-18-5-9-21(25)10-6-18/h5-12,17,19H,3-4,13-16H2,1-2H3,(H,26,29)/t19-/m1/s1. The normalized spacial score (nSPS) is 16.4. The van der Waals surface area contributed by atoms with E-state index in [1.54, 1.807) is 36.4 Å². The molecule has 1 heterocycles. The Morgan fingerprint density at radius 2 is 1.83 bits per heavy atom. The minimum atomic E-state index is -0.296. The molecule has 1 atom stereocenters. The highest BCUT2D eigenvalue weighted by Gasteiger charge is 2.24. The largest absolute Gasteiger partial charge is 0.493 e. The van der Waals surface area contributed by atoms with Gasteiger partial charge < -0.3 is 15.0 Å². The second-order valence-corrected chi connectivity index (χ2v) is 8.11. The highest BCUT2D eigenvalue weighted by molar-refractivity contribution is 5.94. The minimum Gasteiger partial charge on any atom is -0.493 e. The lowest BCUT2D eigenvalue weighted by atomic mass is 9.98. The number of carbonyl (C=O) groups is 2. The lowest BCUT2D eigenvalue weighted by Crippen LogP contribution is -2.42. The zero-order valence-electron chi connectivity index (χ0n) is 17.6. The lowest BCUT2D eigenvalue weighted by molar-refractivity contribution is -0.132. The van der Waals surface area contributed by atoms with Gasteiger partial charge in [0.25, 0.3) is 5.91 Å². The van der Waals surface area contributed by atoms with Gasteiger partial charge in [-0.3, -0.25) is 9.59 Å². The summed E-state index contributed by atoms with van der Waals surface area (Å²) in [5.41, 5.74) is 1.42. The summed E-state index contributed by atoms with van der Waals surface area (Å²) in [4.78, 5) is 26.5. The summed E-state index contributed by atoms with van der Waals surface area (Å²) >= 11 is 0. The van der Waals surface area contributed by atoms with Crippen molar-refractivity contribution in [2.45, 2.75) is 39.2 Å². The Labute approximate surface area is 177 Å². The number of likely N-dealkylation sites (tertiary alicyclic amines) is 1. The number of hydrogen-bond acceptors (Lipinski definition) is 3. The van der Waals surface area contributed by atoms with Crippen molar-refractivity contribution in [3.8, 4) is 5.75 Å². The van der Waals surface area contributed by atoms with Crippen LogP contribution in [-0.4, -0.2) is 42.5 Å². The van der Waals surface area contributed by atoms with Gasteiger partial charge in [0.2, 0.25) is 5.91 Å². The number of benzene rings is 2. The average Bonchev–Trinajstić information content (AvgIpc) is 2.74. The smallest absolute Gasteiger partial charge is 0.251 e. The van der Waals surface area contributed by atoms with E-state index in [-0.39, 0.29) is 36.0 Å². The molecular formula is C24H29FN2O3. The molecule has 0 bridgehead atoms. The van der Waals surface area contributed by atoms with Crippen molar-refractivity contribution in [2.24, 2.45) is 5.92 Å². The Bertz CT molecular complexity index is 850. The van der Waals surface area contributed by atoms with Gasteiger partial charge in [-0.25, -0.2) is 4.39 Å². The molecule has 6 heteroatoms. The van der Waals surface area contributed by atoms with Gasteiger partial charge in [-0.15, -0.1) is 0 Å². The Kier molecular flexibility index (Phi) is 7.44. The Balaban J connectivity index is 1.48. The SMILES string of the molecule is CC(C)NC(=O)c1ccc(OC[C@@H]2CCCN(C(=O)Cc3ccc(F)cc3)C2)cc1. The predicted molar refractivity (Wildman–Crippen MR) is 114 cm³/mol. The number of ether oxygens (including phenoxy) is 1. The van der Waals surface area contributed by atoms with Crippen LogP contribution in [0.2, 0.25) is 0 Å². The molecule has 1 fully saturated rings. The maximum absolute atomic E-state index is 13.0. The number of halogens is 1. The van der Waals surface area contributed by atoms with Gasteiger partial charge in [0.05, 0.1) is 13.0 Å². The molecule has 1 saturated heterocycles. The van der Waals surface area contributed by atoms with Crippen LogP contribution in [0.15, 0.2) is 48.5 Å². The van der Waals surface area contributed by atoms with Gasteiger partial charge in [0, 0.05) is 30.6 Å². The second-order valence-electron chi connectivity index (χ2n) is 8.11. The Morgan fingerprint density at radius 1 is 1.13 bits per heavy atom. The maximum Gasteiger partial charge on any atom is 0.251 e. The predicted octanol–water partition coefficient (Wildman–Crippen LogP) is 3.82. The van der Waals surface area contributed by atoms with Crippen molar-refractivity contribution in [3.63, 3.8) is 0 Å². The van der Waals surface area contributed by atoms with E-state index in [0.29, 0.717) is 24.5 Å². The topological polar surface area (TPSA) is 58.6 Å². The number of nitrogens with one attached hydrogen (secondary N) is 1. The summed E-state index contributed by atoms with van der Waals surface area (Å²) in [5.74, 6) is 0.645. The summed E-state index contributed by atoms with van der Waals surface area (Å²) in [6.07, 6.45) is 2.24. The van der Waals surface area contributed by atoms with E-state index in [1.807, 2.05) is 18.7 Å². The quantitative estimate of drug-likeness (QED) is 0.752. The van der Waals surface area contributed by atoms with Crippen molar-refractivity contribution in [2.75, 3.05) is 19.7 Å². The molecule has 1 aliphatic heterocycles. The summed E-state index contributed by atoms with van der Waals surface area (Å²) in [7, 11) is 0. The Morgan fingerprint density at radius 3 is 2.50 bits per heavy atom. The third-order valence-corrected chi connectivity index (χ3v) is 5.16. The molecule has 2 aromatic rings. The molecule has 1 N–H and O–H groups in total. The van der Waals surface area contributed by atoms with Crippen LogP contribution in [0.1, 0.15) is 42.6 Å². The van der Waals surface area contributed by atoms with Gasteiger partial charge in [-0.2, -0.15) is 0 Å². The van der Waals surface area contributed by atoms with E-state index in [0.717, 1.165) is 24.9 Å². The number of nitrogens with zero attached hydrogens (tertiary/aromatic N) is 1. The molecule has 0 aromatic heterocycles. The molecule has 0 aliphatic carbocycles. The minimum absolute atomic E-state index is 0.0619. The molecule has 0 unspecified atom stereocenters. The van der Waals surface area contributed by atoms with E-state index in [2.05, 4.69) is 5.32 Å². The number of amides is 2. The number of rotatable bonds is 7. The summed E-state index contributed by atoms with van der Waals surface area (Å²) in [5, 5.41) is 2.86. The third kappa shape index (κ3) is 6.31. The highest BCUT2D eigenvalue weighted by Crippen LogP contribution is 2.20. The summed E-state index contributed by atoms with van der Waals surface area (Å²) in [6, 6.07) is 13.3.